The molecule has 0 aliphatic carbocycles. The SMILES string of the molecule is COC(=O)CSc1cc(Cl)ccc1[N+](=O)[O-]. The summed E-state index contributed by atoms with van der Waals surface area (Å²) in [6, 6.07) is 4.19. The molecule has 86 valence electrons. The molecule has 0 spiro atoms. The van der Waals surface area contributed by atoms with E-state index in [1.54, 1.807) is 0 Å². The third kappa shape index (κ3) is 3.39. The summed E-state index contributed by atoms with van der Waals surface area (Å²) < 4.78 is 4.44. The van der Waals surface area contributed by atoms with Crippen LogP contribution in [0.15, 0.2) is 23.1 Å². The van der Waals surface area contributed by atoms with Crippen molar-refractivity contribution in [1.29, 1.82) is 0 Å². The Morgan fingerprint density at radius 3 is 2.88 bits per heavy atom. The van der Waals surface area contributed by atoms with E-state index in [1.807, 2.05) is 0 Å². The summed E-state index contributed by atoms with van der Waals surface area (Å²) in [5.74, 6) is -0.434. The summed E-state index contributed by atoms with van der Waals surface area (Å²) in [5, 5.41) is 11.1. The van der Waals surface area contributed by atoms with Crippen molar-refractivity contribution in [3.63, 3.8) is 0 Å². The first-order valence-corrected chi connectivity index (χ1v) is 5.54. The predicted molar refractivity (Wildman–Crippen MR) is 60.8 cm³/mol. The molecule has 0 fully saturated rings. The van der Waals surface area contributed by atoms with Crippen molar-refractivity contribution in [3.8, 4) is 0 Å². The van der Waals surface area contributed by atoms with E-state index in [1.165, 1.54) is 25.3 Å². The molecule has 0 unspecified atom stereocenters. The Morgan fingerprint density at radius 2 is 2.31 bits per heavy atom. The maximum Gasteiger partial charge on any atom is 0.315 e. The molecule has 5 nitrogen and oxygen atoms in total. The Bertz CT molecular complexity index is 424. The van der Waals surface area contributed by atoms with Crippen molar-refractivity contribution in [1.82, 2.24) is 0 Å². The van der Waals surface area contributed by atoms with Gasteiger partial charge in [-0.05, 0) is 12.1 Å². The van der Waals surface area contributed by atoms with Crippen LogP contribution in [-0.2, 0) is 9.53 Å². The number of ether oxygens (including phenoxy) is 1. The number of hydrogen-bond acceptors (Lipinski definition) is 5. The highest BCUT2D eigenvalue weighted by atomic mass is 35.5. The zero-order valence-electron chi connectivity index (χ0n) is 8.31. The molecule has 1 aromatic rings. The molecule has 1 aromatic carbocycles. The van der Waals surface area contributed by atoms with Gasteiger partial charge in [0, 0.05) is 11.1 Å². The molecule has 0 saturated carbocycles. The zero-order valence-corrected chi connectivity index (χ0v) is 9.88. The topological polar surface area (TPSA) is 69.4 Å². The average Bonchev–Trinajstić information content (AvgIpc) is 2.25. The molecule has 0 radical (unpaired) electrons. The predicted octanol–water partition coefficient (Wildman–Crippen LogP) is 2.51. The second-order valence-corrected chi connectivity index (χ2v) is 4.19. The number of hydrogen-bond donors (Lipinski definition) is 0. The fraction of sp³-hybridized carbons (Fsp3) is 0.222. The number of halogens is 1. The molecule has 16 heavy (non-hydrogen) atoms. The van der Waals surface area contributed by atoms with Crippen LogP contribution in [0, 0.1) is 10.1 Å². The van der Waals surface area contributed by atoms with Gasteiger partial charge in [0.2, 0.25) is 0 Å². The van der Waals surface area contributed by atoms with Crippen molar-refractivity contribution in [2.24, 2.45) is 0 Å². The number of benzene rings is 1. The summed E-state index contributed by atoms with van der Waals surface area (Å²) in [7, 11) is 1.26. The van der Waals surface area contributed by atoms with E-state index in [2.05, 4.69) is 4.74 Å². The van der Waals surface area contributed by atoms with Gasteiger partial charge in [0.15, 0.2) is 0 Å². The van der Waals surface area contributed by atoms with E-state index in [4.69, 9.17) is 11.6 Å². The van der Waals surface area contributed by atoms with Gasteiger partial charge in [-0.2, -0.15) is 0 Å². The fourth-order valence-electron chi connectivity index (χ4n) is 0.950. The van der Waals surface area contributed by atoms with Gasteiger partial charge in [0.25, 0.3) is 5.69 Å². The van der Waals surface area contributed by atoms with Crippen LogP contribution >= 0.6 is 23.4 Å². The van der Waals surface area contributed by atoms with E-state index in [0.717, 1.165) is 11.8 Å². The largest absolute Gasteiger partial charge is 0.468 e. The number of nitro benzene ring substituents is 1. The number of methoxy groups -OCH3 is 1. The van der Waals surface area contributed by atoms with Gasteiger partial charge < -0.3 is 4.74 Å². The van der Waals surface area contributed by atoms with Crippen LogP contribution in [0.5, 0.6) is 0 Å². The second kappa shape index (κ2) is 5.72. The summed E-state index contributed by atoms with van der Waals surface area (Å²) in [5.41, 5.74) is -0.0710. The van der Waals surface area contributed by atoms with E-state index in [-0.39, 0.29) is 11.4 Å². The normalized spacial score (nSPS) is 9.88. The molecule has 0 N–H and O–H groups in total. The first kappa shape index (κ1) is 12.8. The highest BCUT2D eigenvalue weighted by molar-refractivity contribution is 8.00. The van der Waals surface area contributed by atoms with Crippen LogP contribution in [0.2, 0.25) is 5.02 Å². The Labute approximate surface area is 101 Å². The van der Waals surface area contributed by atoms with Crippen LogP contribution in [0.1, 0.15) is 0 Å². The minimum atomic E-state index is -0.518. The fourth-order valence-corrected chi connectivity index (χ4v) is 2.08. The zero-order chi connectivity index (χ0) is 12.1. The molecule has 0 atom stereocenters. The van der Waals surface area contributed by atoms with Crippen molar-refractivity contribution in [2.75, 3.05) is 12.9 Å². The molecule has 0 amide bonds. The van der Waals surface area contributed by atoms with Gasteiger partial charge in [-0.1, -0.05) is 11.6 Å². The number of carbonyl (C=O) groups excluding carboxylic acids is 1. The lowest BCUT2D eigenvalue weighted by atomic mass is 10.3. The van der Waals surface area contributed by atoms with Crippen LogP contribution in [0.4, 0.5) is 5.69 Å². The Kier molecular flexibility index (Phi) is 4.57. The average molecular weight is 262 g/mol. The maximum absolute atomic E-state index is 10.9. The molecule has 0 heterocycles. The minimum absolute atomic E-state index is 0.0116. The van der Waals surface area contributed by atoms with Gasteiger partial charge in [-0.15, -0.1) is 11.8 Å². The third-order valence-electron chi connectivity index (χ3n) is 1.69. The lowest BCUT2D eigenvalue weighted by molar-refractivity contribution is -0.387. The molecule has 1 rings (SSSR count). The highest BCUT2D eigenvalue weighted by Crippen LogP contribution is 2.31. The summed E-state index contributed by atoms with van der Waals surface area (Å²) in [6.45, 7) is 0. The molecule has 0 bridgehead atoms. The number of nitrogens with zero attached hydrogens (tertiary/aromatic N) is 1. The van der Waals surface area contributed by atoms with Crippen molar-refractivity contribution < 1.29 is 14.5 Å². The van der Waals surface area contributed by atoms with Crippen LogP contribution in [0.3, 0.4) is 0 Å². The lowest BCUT2D eigenvalue weighted by Crippen LogP contribution is -2.03. The number of nitro groups is 1. The van der Waals surface area contributed by atoms with Gasteiger partial charge in [-0.3, -0.25) is 14.9 Å². The molecule has 0 saturated heterocycles. The second-order valence-electron chi connectivity index (χ2n) is 2.73. The first-order valence-electron chi connectivity index (χ1n) is 4.18. The molecular formula is C9H8ClNO4S. The highest BCUT2D eigenvalue weighted by Gasteiger charge is 2.15. The Hall–Kier alpha value is -1.27. The smallest absolute Gasteiger partial charge is 0.315 e. The molecular weight excluding hydrogens is 254 g/mol. The standard InChI is InChI=1S/C9H8ClNO4S/c1-15-9(12)5-16-8-4-6(10)2-3-7(8)11(13)14/h2-4H,5H2,1H3. The number of thioether (sulfide) groups is 1. The van der Waals surface area contributed by atoms with Gasteiger partial charge >= 0.3 is 5.97 Å². The number of carbonyl (C=O) groups is 1. The van der Waals surface area contributed by atoms with Crippen LogP contribution < -0.4 is 0 Å². The Morgan fingerprint density at radius 1 is 1.62 bits per heavy atom. The number of esters is 1. The summed E-state index contributed by atoms with van der Waals surface area (Å²) in [4.78, 5) is 21.4. The van der Waals surface area contributed by atoms with E-state index in [9.17, 15) is 14.9 Å². The lowest BCUT2D eigenvalue weighted by Gasteiger charge is -2.02. The van der Waals surface area contributed by atoms with Crippen LogP contribution in [-0.4, -0.2) is 23.8 Å². The quantitative estimate of drug-likeness (QED) is 0.360. The number of rotatable bonds is 4. The third-order valence-corrected chi connectivity index (χ3v) is 2.94. The Balaban J connectivity index is 2.88. The minimum Gasteiger partial charge on any atom is -0.468 e. The monoisotopic (exact) mass is 261 g/mol. The molecule has 0 aliphatic heterocycles. The van der Waals surface area contributed by atoms with Crippen LogP contribution in [0.25, 0.3) is 0 Å². The van der Waals surface area contributed by atoms with Crippen molar-refractivity contribution in [2.45, 2.75) is 4.90 Å². The maximum atomic E-state index is 10.9. The summed E-state index contributed by atoms with van der Waals surface area (Å²) >= 11 is 6.74. The summed E-state index contributed by atoms with van der Waals surface area (Å²) in [6.07, 6.45) is 0. The first-order chi connectivity index (χ1) is 7.54. The van der Waals surface area contributed by atoms with Gasteiger partial charge in [-0.25, -0.2) is 0 Å². The molecule has 0 aliphatic rings. The molecule has 7 heteroatoms. The molecule has 0 aromatic heterocycles. The van der Waals surface area contributed by atoms with E-state index in [0.29, 0.717) is 9.92 Å². The van der Waals surface area contributed by atoms with Gasteiger partial charge in [0.1, 0.15) is 0 Å². The van der Waals surface area contributed by atoms with E-state index >= 15 is 0 Å². The van der Waals surface area contributed by atoms with Crippen molar-refractivity contribution in [3.05, 3.63) is 33.3 Å². The van der Waals surface area contributed by atoms with Gasteiger partial charge in [0.05, 0.1) is 22.7 Å². The van der Waals surface area contributed by atoms with E-state index < -0.39 is 10.9 Å². The van der Waals surface area contributed by atoms with Crippen molar-refractivity contribution >= 4 is 35.0 Å².